The minimum atomic E-state index is -0.951. The van der Waals surface area contributed by atoms with Gasteiger partial charge < -0.3 is 24.4 Å². The van der Waals surface area contributed by atoms with Crippen LogP contribution in [0.15, 0.2) is 11.5 Å². The Hall–Kier alpha value is -1.27. The highest BCUT2D eigenvalue weighted by atomic mass is 16.7. The minimum absolute atomic E-state index is 0.244. The van der Waals surface area contributed by atoms with E-state index >= 15 is 0 Å². The average molecular weight is 272 g/mol. The van der Waals surface area contributed by atoms with Crippen molar-refractivity contribution in [1.82, 2.24) is 0 Å². The average Bonchev–Trinajstić information content (AvgIpc) is 2.96. The molecular formula is C13H20O6. The van der Waals surface area contributed by atoms with Crippen molar-refractivity contribution in [1.29, 1.82) is 0 Å². The topological polar surface area (TPSA) is 85.2 Å². The van der Waals surface area contributed by atoms with Crippen LogP contribution in [-0.4, -0.2) is 41.3 Å². The summed E-state index contributed by atoms with van der Waals surface area (Å²) in [6.07, 6.45) is 3.47. The standard InChI is InChI=1S/C13H20O6/c1-2-3-4-5-6-9-17-7-8(18-9)12-10(14)11(15)13(16)19-12/h8-9,12,14-15H,2-7H2,1H3/t8-,9+,12+/m1/s1. The third kappa shape index (κ3) is 3.19. The molecule has 0 aromatic carbocycles. The highest BCUT2D eigenvalue weighted by Crippen LogP contribution is 2.28. The van der Waals surface area contributed by atoms with Crippen molar-refractivity contribution in [3.8, 4) is 0 Å². The van der Waals surface area contributed by atoms with Crippen molar-refractivity contribution in [2.75, 3.05) is 6.61 Å². The lowest BCUT2D eigenvalue weighted by atomic mass is 10.1. The molecule has 0 radical (unpaired) electrons. The second-order valence-electron chi connectivity index (χ2n) is 4.85. The summed E-state index contributed by atoms with van der Waals surface area (Å²) < 4.78 is 15.9. The molecule has 19 heavy (non-hydrogen) atoms. The van der Waals surface area contributed by atoms with Crippen LogP contribution in [0.4, 0.5) is 0 Å². The van der Waals surface area contributed by atoms with Gasteiger partial charge in [-0.15, -0.1) is 0 Å². The molecule has 2 aliphatic rings. The van der Waals surface area contributed by atoms with Gasteiger partial charge in [0, 0.05) is 0 Å². The Morgan fingerprint density at radius 2 is 2.05 bits per heavy atom. The van der Waals surface area contributed by atoms with Crippen molar-refractivity contribution < 1.29 is 29.2 Å². The van der Waals surface area contributed by atoms with Gasteiger partial charge in [0.05, 0.1) is 6.61 Å². The molecular weight excluding hydrogens is 252 g/mol. The van der Waals surface area contributed by atoms with E-state index in [-0.39, 0.29) is 12.9 Å². The number of unbranched alkanes of at least 4 members (excludes halogenated alkanes) is 3. The highest BCUT2D eigenvalue weighted by Gasteiger charge is 2.44. The molecule has 6 nitrogen and oxygen atoms in total. The smallest absolute Gasteiger partial charge is 0.377 e. The number of ether oxygens (including phenoxy) is 3. The molecule has 1 fully saturated rings. The van der Waals surface area contributed by atoms with Crippen molar-refractivity contribution in [2.45, 2.75) is 57.5 Å². The second kappa shape index (κ2) is 6.25. The molecule has 0 saturated carbocycles. The first-order valence-electron chi connectivity index (χ1n) is 6.73. The van der Waals surface area contributed by atoms with Crippen molar-refractivity contribution in [3.63, 3.8) is 0 Å². The largest absolute Gasteiger partial charge is 0.505 e. The summed E-state index contributed by atoms with van der Waals surface area (Å²) in [6, 6.07) is 0. The summed E-state index contributed by atoms with van der Waals surface area (Å²) >= 11 is 0. The summed E-state index contributed by atoms with van der Waals surface area (Å²) in [5.41, 5.74) is 0. The van der Waals surface area contributed by atoms with Gasteiger partial charge in [0.15, 0.2) is 18.2 Å². The molecule has 0 aromatic rings. The molecule has 3 atom stereocenters. The van der Waals surface area contributed by atoms with Crippen LogP contribution in [0.5, 0.6) is 0 Å². The monoisotopic (exact) mass is 272 g/mol. The molecule has 1 saturated heterocycles. The van der Waals surface area contributed by atoms with Gasteiger partial charge in [-0.2, -0.15) is 0 Å². The van der Waals surface area contributed by atoms with Gasteiger partial charge in [-0.3, -0.25) is 0 Å². The summed E-state index contributed by atoms with van der Waals surface area (Å²) in [4.78, 5) is 11.1. The number of carbonyl (C=O) groups is 1. The van der Waals surface area contributed by atoms with Gasteiger partial charge >= 0.3 is 5.97 Å². The molecule has 108 valence electrons. The molecule has 2 heterocycles. The summed E-state index contributed by atoms with van der Waals surface area (Å²) in [5.74, 6) is -2.12. The lowest BCUT2D eigenvalue weighted by Crippen LogP contribution is -2.31. The SMILES string of the molecule is CCCCCC[C@H]1OC[C@H]([C@@H]2OC(=O)C(O)=C2O)O1. The number of hydrogen-bond acceptors (Lipinski definition) is 6. The van der Waals surface area contributed by atoms with Crippen molar-refractivity contribution >= 4 is 5.97 Å². The van der Waals surface area contributed by atoms with E-state index in [0.29, 0.717) is 0 Å². The highest BCUT2D eigenvalue weighted by molar-refractivity contribution is 5.89. The van der Waals surface area contributed by atoms with Crippen LogP contribution in [0.1, 0.15) is 39.0 Å². The Morgan fingerprint density at radius 1 is 1.26 bits per heavy atom. The van der Waals surface area contributed by atoms with E-state index in [2.05, 4.69) is 6.92 Å². The van der Waals surface area contributed by atoms with Crippen LogP contribution in [0.3, 0.4) is 0 Å². The number of aliphatic hydroxyl groups excluding tert-OH is 2. The van der Waals surface area contributed by atoms with Crippen LogP contribution >= 0.6 is 0 Å². The fourth-order valence-corrected chi connectivity index (χ4v) is 2.24. The van der Waals surface area contributed by atoms with E-state index in [1.54, 1.807) is 0 Å². The summed E-state index contributed by atoms with van der Waals surface area (Å²) in [5, 5.41) is 18.8. The number of carbonyl (C=O) groups excluding carboxylic acids is 1. The first-order chi connectivity index (χ1) is 9.13. The fraction of sp³-hybridized carbons (Fsp3) is 0.769. The Bertz CT molecular complexity index is 364. The molecule has 2 N–H and O–H groups in total. The number of rotatable bonds is 6. The zero-order chi connectivity index (χ0) is 13.8. The third-order valence-electron chi connectivity index (χ3n) is 3.34. The molecule has 0 bridgehead atoms. The summed E-state index contributed by atoms with van der Waals surface area (Å²) in [6.45, 7) is 2.39. The van der Waals surface area contributed by atoms with Crippen molar-refractivity contribution in [2.24, 2.45) is 0 Å². The van der Waals surface area contributed by atoms with Crippen LogP contribution in [0, 0.1) is 0 Å². The number of hydrogen-bond donors (Lipinski definition) is 2. The van der Waals surface area contributed by atoms with E-state index in [0.717, 1.165) is 19.3 Å². The molecule has 0 aliphatic carbocycles. The quantitative estimate of drug-likeness (QED) is 0.568. The van der Waals surface area contributed by atoms with Gasteiger partial charge in [-0.1, -0.05) is 26.2 Å². The molecule has 0 aromatic heterocycles. The van der Waals surface area contributed by atoms with Crippen LogP contribution < -0.4 is 0 Å². The van der Waals surface area contributed by atoms with E-state index in [1.807, 2.05) is 0 Å². The van der Waals surface area contributed by atoms with Crippen LogP contribution in [0.25, 0.3) is 0 Å². The van der Waals surface area contributed by atoms with E-state index < -0.39 is 29.7 Å². The molecule has 2 aliphatic heterocycles. The minimum Gasteiger partial charge on any atom is -0.505 e. The second-order valence-corrected chi connectivity index (χ2v) is 4.85. The van der Waals surface area contributed by atoms with Crippen LogP contribution in [-0.2, 0) is 19.0 Å². The number of cyclic esters (lactones) is 1. The first-order valence-corrected chi connectivity index (χ1v) is 6.73. The Balaban J connectivity index is 1.78. The zero-order valence-electron chi connectivity index (χ0n) is 11.0. The van der Waals surface area contributed by atoms with E-state index in [9.17, 15) is 15.0 Å². The van der Waals surface area contributed by atoms with Gasteiger partial charge in [0.2, 0.25) is 5.76 Å². The van der Waals surface area contributed by atoms with Crippen LogP contribution in [0.2, 0.25) is 0 Å². The third-order valence-corrected chi connectivity index (χ3v) is 3.34. The van der Waals surface area contributed by atoms with E-state index in [1.165, 1.54) is 12.8 Å². The fourth-order valence-electron chi connectivity index (χ4n) is 2.24. The zero-order valence-corrected chi connectivity index (χ0v) is 11.0. The Morgan fingerprint density at radius 3 is 2.68 bits per heavy atom. The molecule has 2 rings (SSSR count). The maximum absolute atomic E-state index is 11.1. The number of aliphatic hydroxyl groups is 2. The number of esters is 1. The lowest BCUT2D eigenvalue weighted by molar-refractivity contribution is -0.149. The van der Waals surface area contributed by atoms with Gasteiger partial charge in [0.1, 0.15) is 6.10 Å². The molecule has 0 amide bonds. The normalized spacial score (nSPS) is 31.0. The van der Waals surface area contributed by atoms with Gasteiger partial charge in [-0.25, -0.2) is 4.79 Å². The van der Waals surface area contributed by atoms with Crippen molar-refractivity contribution in [3.05, 3.63) is 11.5 Å². The van der Waals surface area contributed by atoms with Gasteiger partial charge in [0.25, 0.3) is 0 Å². The maximum atomic E-state index is 11.1. The molecule has 0 unspecified atom stereocenters. The summed E-state index contributed by atoms with van der Waals surface area (Å²) in [7, 11) is 0. The lowest BCUT2D eigenvalue weighted by Gasteiger charge is -2.16. The Kier molecular flexibility index (Phi) is 4.66. The van der Waals surface area contributed by atoms with Gasteiger partial charge in [-0.05, 0) is 12.8 Å². The predicted octanol–water partition coefficient (Wildman–Crippen LogP) is 1.95. The predicted molar refractivity (Wildman–Crippen MR) is 65.5 cm³/mol. The first kappa shape index (κ1) is 14.1. The maximum Gasteiger partial charge on any atom is 0.377 e. The molecule has 0 spiro atoms. The van der Waals surface area contributed by atoms with E-state index in [4.69, 9.17) is 14.2 Å². The molecule has 6 heteroatoms. The Labute approximate surface area is 112 Å².